The number of methoxy groups -OCH3 is 1. The van der Waals surface area contributed by atoms with Crippen LogP contribution in [0.15, 0.2) is 12.2 Å². The van der Waals surface area contributed by atoms with Crippen molar-refractivity contribution in [1.82, 2.24) is 0 Å². The molecule has 0 saturated carbocycles. The number of carboxylic acids is 1. The molecule has 4 heteroatoms. The van der Waals surface area contributed by atoms with E-state index in [0.717, 1.165) is 0 Å². The number of rotatable bonds is 2. The van der Waals surface area contributed by atoms with Crippen LogP contribution in [0, 0.1) is 17.8 Å². The molecule has 0 fully saturated rings. The highest BCUT2D eigenvalue weighted by Gasteiger charge is 2.38. The Morgan fingerprint density at radius 1 is 1.50 bits per heavy atom. The number of aliphatic carboxylic acids is 1. The van der Waals surface area contributed by atoms with Gasteiger partial charge in [0.15, 0.2) is 0 Å². The Morgan fingerprint density at radius 3 is 2.64 bits per heavy atom. The fourth-order valence-corrected chi connectivity index (χ4v) is 1.86. The summed E-state index contributed by atoms with van der Waals surface area (Å²) in [6.45, 7) is 1.80. The second-order valence-electron chi connectivity index (χ2n) is 3.52. The summed E-state index contributed by atoms with van der Waals surface area (Å²) in [5.41, 5.74) is 0. The third-order valence-corrected chi connectivity index (χ3v) is 2.62. The summed E-state index contributed by atoms with van der Waals surface area (Å²) in [7, 11) is 1.28. The minimum absolute atomic E-state index is 0.120. The summed E-state index contributed by atoms with van der Waals surface area (Å²) in [6.07, 6.45) is 4.12. The molecule has 1 rings (SSSR count). The van der Waals surface area contributed by atoms with Crippen LogP contribution in [0.1, 0.15) is 13.3 Å². The van der Waals surface area contributed by atoms with E-state index in [0.29, 0.717) is 6.42 Å². The lowest BCUT2D eigenvalue weighted by atomic mass is 9.77. The Balaban J connectivity index is 2.88. The van der Waals surface area contributed by atoms with E-state index in [9.17, 15) is 9.59 Å². The molecule has 0 unspecified atom stereocenters. The zero-order valence-corrected chi connectivity index (χ0v) is 8.27. The maximum atomic E-state index is 11.3. The molecule has 14 heavy (non-hydrogen) atoms. The lowest BCUT2D eigenvalue weighted by molar-refractivity contribution is -0.157. The molecule has 4 nitrogen and oxygen atoms in total. The second-order valence-corrected chi connectivity index (χ2v) is 3.52. The van der Waals surface area contributed by atoms with Crippen LogP contribution in [0.2, 0.25) is 0 Å². The van der Waals surface area contributed by atoms with Gasteiger partial charge >= 0.3 is 11.9 Å². The van der Waals surface area contributed by atoms with E-state index >= 15 is 0 Å². The van der Waals surface area contributed by atoms with Gasteiger partial charge in [0.1, 0.15) is 0 Å². The SMILES string of the molecule is COC(=O)[C@H]1CC=C[C@@H](C)[C@H]1C(=O)O. The van der Waals surface area contributed by atoms with Crippen LogP contribution in [0.3, 0.4) is 0 Å². The van der Waals surface area contributed by atoms with Gasteiger partial charge in [-0.2, -0.15) is 0 Å². The van der Waals surface area contributed by atoms with Crippen LogP contribution in [0.4, 0.5) is 0 Å². The molecule has 0 bridgehead atoms. The summed E-state index contributed by atoms with van der Waals surface area (Å²) in [5.74, 6) is -2.69. The summed E-state index contributed by atoms with van der Waals surface area (Å²) in [6, 6.07) is 0. The molecule has 1 aliphatic rings. The van der Waals surface area contributed by atoms with E-state index in [1.54, 1.807) is 6.92 Å². The van der Waals surface area contributed by atoms with Crippen LogP contribution < -0.4 is 0 Å². The van der Waals surface area contributed by atoms with Crippen LogP contribution in [0.25, 0.3) is 0 Å². The first-order valence-corrected chi connectivity index (χ1v) is 4.55. The molecule has 0 aromatic heterocycles. The average Bonchev–Trinajstić information content (AvgIpc) is 2.15. The lowest BCUT2D eigenvalue weighted by Crippen LogP contribution is -2.36. The van der Waals surface area contributed by atoms with Crippen LogP contribution in [0.5, 0.6) is 0 Å². The van der Waals surface area contributed by atoms with E-state index in [-0.39, 0.29) is 5.92 Å². The number of carbonyl (C=O) groups excluding carboxylic acids is 1. The van der Waals surface area contributed by atoms with Gasteiger partial charge in [0.2, 0.25) is 0 Å². The van der Waals surface area contributed by atoms with E-state index in [2.05, 4.69) is 4.74 Å². The lowest BCUT2D eigenvalue weighted by Gasteiger charge is -2.27. The molecule has 1 N–H and O–H groups in total. The van der Waals surface area contributed by atoms with Crippen molar-refractivity contribution in [3.8, 4) is 0 Å². The molecule has 0 aromatic rings. The second kappa shape index (κ2) is 4.26. The van der Waals surface area contributed by atoms with Crippen molar-refractivity contribution in [2.75, 3.05) is 7.11 Å². The van der Waals surface area contributed by atoms with Crippen molar-refractivity contribution in [2.24, 2.45) is 17.8 Å². The van der Waals surface area contributed by atoms with E-state index in [4.69, 9.17) is 5.11 Å². The van der Waals surface area contributed by atoms with E-state index < -0.39 is 23.8 Å². The quantitative estimate of drug-likeness (QED) is 0.532. The summed E-state index contributed by atoms with van der Waals surface area (Å²) >= 11 is 0. The summed E-state index contributed by atoms with van der Waals surface area (Å²) < 4.78 is 4.58. The van der Waals surface area contributed by atoms with Gasteiger partial charge in [-0.05, 0) is 12.3 Å². The number of allylic oxidation sites excluding steroid dienone is 2. The number of hydrogen-bond acceptors (Lipinski definition) is 3. The first-order valence-electron chi connectivity index (χ1n) is 4.55. The molecule has 0 radical (unpaired) electrons. The van der Waals surface area contributed by atoms with Crippen LogP contribution in [-0.4, -0.2) is 24.2 Å². The fraction of sp³-hybridized carbons (Fsp3) is 0.600. The molecule has 1 aliphatic carbocycles. The van der Waals surface area contributed by atoms with Crippen LogP contribution >= 0.6 is 0 Å². The van der Waals surface area contributed by atoms with Gasteiger partial charge in [-0.15, -0.1) is 0 Å². The van der Waals surface area contributed by atoms with Crippen molar-refractivity contribution in [1.29, 1.82) is 0 Å². The Bertz CT molecular complexity index is 269. The Kier molecular flexibility index (Phi) is 3.28. The Labute approximate surface area is 82.6 Å². The number of carbonyl (C=O) groups is 2. The maximum Gasteiger partial charge on any atom is 0.309 e. The summed E-state index contributed by atoms with van der Waals surface area (Å²) in [5, 5.41) is 8.98. The molecule has 78 valence electrons. The highest BCUT2D eigenvalue weighted by Crippen LogP contribution is 2.31. The fourth-order valence-electron chi connectivity index (χ4n) is 1.86. The van der Waals surface area contributed by atoms with Crippen LogP contribution in [-0.2, 0) is 14.3 Å². The summed E-state index contributed by atoms with van der Waals surface area (Å²) in [4.78, 5) is 22.3. The predicted octanol–water partition coefficient (Wildman–Crippen LogP) is 1.07. The average molecular weight is 198 g/mol. The molecule has 0 spiro atoms. The van der Waals surface area contributed by atoms with Gasteiger partial charge in [0, 0.05) is 0 Å². The molecule has 0 heterocycles. The van der Waals surface area contributed by atoms with Crippen molar-refractivity contribution >= 4 is 11.9 Å². The standard InChI is InChI=1S/C10H14O4/c1-6-4-3-5-7(10(13)14-2)8(6)9(11)12/h3-4,6-8H,5H2,1-2H3,(H,11,12)/t6-,7+,8-/m1/s1. The third kappa shape index (κ3) is 1.95. The topological polar surface area (TPSA) is 63.6 Å². The Hall–Kier alpha value is -1.32. The maximum absolute atomic E-state index is 11.3. The van der Waals surface area contributed by atoms with Gasteiger partial charge in [0.25, 0.3) is 0 Å². The van der Waals surface area contributed by atoms with Gasteiger partial charge in [0.05, 0.1) is 18.9 Å². The van der Waals surface area contributed by atoms with E-state index in [1.807, 2.05) is 12.2 Å². The highest BCUT2D eigenvalue weighted by molar-refractivity contribution is 5.82. The minimum Gasteiger partial charge on any atom is -0.481 e. The first kappa shape index (κ1) is 10.8. The largest absolute Gasteiger partial charge is 0.481 e. The first-order chi connectivity index (χ1) is 6.57. The van der Waals surface area contributed by atoms with E-state index in [1.165, 1.54) is 7.11 Å². The van der Waals surface area contributed by atoms with Crippen molar-refractivity contribution in [3.05, 3.63) is 12.2 Å². The third-order valence-electron chi connectivity index (χ3n) is 2.62. The predicted molar refractivity (Wildman–Crippen MR) is 49.6 cm³/mol. The molecule has 0 amide bonds. The molecular formula is C10H14O4. The van der Waals surface area contributed by atoms with Crippen molar-refractivity contribution < 1.29 is 19.4 Å². The number of hydrogen-bond donors (Lipinski definition) is 1. The minimum atomic E-state index is -0.933. The molecule has 3 atom stereocenters. The smallest absolute Gasteiger partial charge is 0.309 e. The monoisotopic (exact) mass is 198 g/mol. The zero-order valence-electron chi connectivity index (χ0n) is 8.27. The zero-order chi connectivity index (χ0) is 10.7. The number of carboxylic acid groups (broad SMARTS) is 1. The van der Waals surface area contributed by atoms with Gasteiger partial charge in [-0.1, -0.05) is 19.1 Å². The number of ether oxygens (including phenoxy) is 1. The number of esters is 1. The molecule has 0 saturated heterocycles. The van der Waals surface area contributed by atoms with Gasteiger partial charge < -0.3 is 9.84 Å². The molecular weight excluding hydrogens is 184 g/mol. The van der Waals surface area contributed by atoms with Crippen molar-refractivity contribution in [3.63, 3.8) is 0 Å². The molecule has 0 aromatic carbocycles. The Morgan fingerprint density at radius 2 is 2.14 bits per heavy atom. The molecule has 0 aliphatic heterocycles. The highest BCUT2D eigenvalue weighted by atomic mass is 16.5. The van der Waals surface area contributed by atoms with Crippen molar-refractivity contribution in [2.45, 2.75) is 13.3 Å². The van der Waals surface area contributed by atoms with Gasteiger partial charge in [-0.25, -0.2) is 0 Å². The van der Waals surface area contributed by atoms with Gasteiger partial charge in [-0.3, -0.25) is 9.59 Å². The normalized spacial score (nSPS) is 31.1.